The molecule has 4 heterocycles. The van der Waals surface area contributed by atoms with Crippen molar-refractivity contribution >= 4 is 17.5 Å². The van der Waals surface area contributed by atoms with Crippen LogP contribution in [0, 0.1) is 0 Å². The van der Waals surface area contributed by atoms with Crippen LogP contribution in [0.3, 0.4) is 0 Å². The Hall–Kier alpha value is -4.50. The van der Waals surface area contributed by atoms with E-state index in [4.69, 9.17) is 9.47 Å². The molecule has 0 saturated carbocycles. The lowest BCUT2D eigenvalue weighted by atomic mass is 9.79. The lowest BCUT2D eigenvalue weighted by Gasteiger charge is -2.50. The number of aryl methyl sites for hydroxylation is 1. The fraction of sp³-hybridized carbons (Fsp3) is 0.500. The highest BCUT2D eigenvalue weighted by Crippen LogP contribution is 2.41. The molecule has 2 aliphatic rings. The van der Waals surface area contributed by atoms with Crippen LogP contribution in [0.15, 0.2) is 48.8 Å². The summed E-state index contributed by atoms with van der Waals surface area (Å²) in [6.45, 7) is 2.93. The van der Waals surface area contributed by atoms with Crippen LogP contribution in [0.4, 0.5) is 32.0 Å². The number of para-hydroxylation sites is 2. The molecule has 0 spiro atoms. The minimum atomic E-state index is -4.86. The number of alkyl halides is 6. The summed E-state index contributed by atoms with van der Waals surface area (Å²) >= 11 is 0. The number of carbonyl (C=O) groups excluding carboxylic acids is 2. The topological polar surface area (TPSA) is 93.0 Å². The zero-order valence-electron chi connectivity index (χ0n) is 26.6. The number of methoxy groups -OCH3 is 1. The number of rotatable bonds is 8. The summed E-state index contributed by atoms with van der Waals surface area (Å²) in [5, 5.41) is 3.90. The number of amides is 2. The number of nitrogens with zero attached hydrogens (tertiary/aromatic N) is 6. The largest absolute Gasteiger partial charge is 0.495 e. The van der Waals surface area contributed by atoms with Crippen LogP contribution < -0.4 is 14.4 Å². The monoisotopic (exact) mass is 682 g/mol. The van der Waals surface area contributed by atoms with E-state index < -0.39 is 58.5 Å². The van der Waals surface area contributed by atoms with Gasteiger partial charge in [0.05, 0.1) is 30.0 Å². The summed E-state index contributed by atoms with van der Waals surface area (Å²) in [7, 11) is 2.64. The fourth-order valence-electron chi connectivity index (χ4n) is 6.62. The van der Waals surface area contributed by atoms with E-state index in [9.17, 15) is 35.9 Å². The number of hydrogen-bond donors (Lipinski definition) is 0. The molecule has 0 radical (unpaired) electrons. The van der Waals surface area contributed by atoms with Gasteiger partial charge in [0, 0.05) is 64.7 Å². The molecule has 0 unspecified atom stereocenters. The Morgan fingerprint density at radius 3 is 2.33 bits per heavy atom. The van der Waals surface area contributed by atoms with Crippen molar-refractivity contribution in [3.8, 4) is 11.6 Å². The Balaban J connectivity index is 1.54. The number of ether oxygens (including phenoxy) is 2. The van der Waals surface area contributed by atoms with Gasteiger partial charge in [-0.3, -0.25) is 19.3 Å². The molecule has 2 amide bonds. The molecule has 260 valence electrons. The molecule has 2 aliphatic heterocycles. The molecule has 2 fully saturated rings. The number of piperazine rings is 1. The third kappa shape index (κ3) is 6.74. The standard InChI is InChI=1S/C32H36F6N6O4/c1-4-8-25-30(48-27-19-26(32(36,37)38)41(2)40-27,12-7-14-44(25)28(45)21-20-39-13-11-22(21)31(33,34)35)29(46)43-17-15-42(16-18-43)23-9-5-6-10-24(23)47-3/h5-6,9-11,13,19-20,25H,4,7-8,12,14-18H2,1-3H3/t25-,30+/m1/s1. The minimum Gasteiger partial charge on any atom is -0.495 e. The van der Waals surface area contributed by atoms with Crippen molar-refractivity contribution in [3.05, 3.63) is 65.6 Å². The quantitative estimate of drug-likeness (QED) is 0.293. The molecule has 16 heteroatoms. The highest BCUT2D eigenvalue weighted by atomic mass is 19.4. The van der Waals surface area contributed by atoms with Gasteiger partial charge in [0.2, 0.25) is 11.5 Å². The van der Waals surface area contributed by atoms with Gasteiger partial charge in [-0.2, -0.15) is 26.3 Å². The Labute approximate surface area is 273 Å². The Kier molecular flexibility index (Phi) is 9.83. The molecule has 3 aromatic rings. The van der Waals surface area contributed by atoms with Crippen molar-refractivity contribution in [1.29, 1.82) is 0 Å². The van der Waals surface area contributed by atoms with Gasteiger partial charge in [0.25, 0.3) is 11.8 Å². The first-order valence-electron chi connectivity index (χ1n) is 15.5. The van der Waals surface area contributed by atoms with E-state index in [1.807, 2.05) is 29.2 Å². The maximum absolute atomic E-state index is 14.7. The maximum atomic E-state index is 14.7. The molecule has 5 rings (SSSR count). The first-order valence-corrected chi connectivity index (χ1v) is 15.5. The number of aromatic nitrogens is 3. The zero-order chi connectivity index (χ0) is 34.9. The van der Waals surface area contributed by atoms with Crippen molar-refractivity contribution < 1.29 is 45.4 Å². The van der Waals surface area contributed by atoms with Crippen LogP contribution in [0.25, 0.3) is 0 Å². The number of halogens is 6. The second-order valence-corrected chi connectivity index (χ2v) is 11.8. The van der Waals surface area contributed by atoms with E-state index in [1.54, 1.807) is 14.0 Å². The van der Waals surface area contributed by atoms with Gasteiger partial charge in [-0.1, -0.05) is 25.5 Å². The molecule has 2 saturated heterocycles. The predicted molar refractivity (Wildman–Crippen MR) is 162 cm³/mol. The van der Waals surface area contributed by atoms with Gasteiger partial charge in [0.15, 0.2) is 0 Å². The van der Waals surface area contributed by atoms with E-state index in [2.05, 4.69) is 10.1 Å². The molecule has 10 nitrogen and oxygen atoms in total. The number of piperidine rings is 1. The summed E-state index contributed by atoms with van der Waals surface area (Å²) in [6, 6.07) is 7.63. The second-order valence-electron chi connectivity index (χ2n) is 11.8. The van der Waals surface area contributed by atoms with Crippen molar-refractivity contribution in [2.75, 3.05) is 44.7 Å². The predicted octanol–water partition coefficient (Wildman–Crippen LogP) is 5.43. The molecule has 48 heavy (non-hydrogen) atoms. The highest BCUT2D eigenvalue weighted by Gasteiger charge is 2.56. The van der Waals surface area contributed by atoms with Crippen LogP contribution in [0.1, 0.15) is 54.2 Å². The maximum Gasteiger partial charge on any atom is 0.433 e. The van der Waals surface area contributed by atoms with Gasteiger partial charge >= 0.3 is 12.4 Å². The van der Waals surface area contributed by atoms with Crippen LogP contribution in [0.5, 0.6) is 11.6 Å². The summed E-state index contributed by atoms with van der Waals surface area (Å²) in [5.41, 5.74) is -4.13. The summed E-state index contributed by atoms with van der Waals surface area (Å²) in [4.78, 5) is 37.2. The molecule has 0 bridgehead atoms. The van der Waals surface area contributed by atoms with Crippen LogP contribution in [-0.2, 0) is 24.2 Å². The van der Waals surface area contributed by atoms with Crippen LogP contribution >= 0.6 is 0 Å². The first kappa shape index (κ1) is 34.8. The van der Waals surface area contributed by atoms with Crippen LogP contribution in [0.2, 0.25) is 0 Å². The van der Waals surface area contributed by atoms with Gasteiger partial charge < -0.3 is 24.2 Å². The average Bonchev–Trinajstić information content (AvgIpc) is 3.44. The molecule has 0 N–H and O–H groups in total. The molecular formula is C32H36F6N6O4. The Morgan fingerprint density at radius 1 is 1.00 bits per heavy atom. The number of anilines is 1. The van der Waals surface area contributed by atoms with Gasteiger partial charge in [-0.25, -0.2) is 0 Å². The Bertz CT molecular complexity index is 1620. The van der Waals surface area contributed by atoms with E-state index in [0.29, 0.717) is 42.1 Å². The van der Waals surface area contributed by atoms with E-state index in [1.165, 1.54) is 9.80 Å². The fourth-order valence-corrected chi connectivity index (χ4v) is 6.62. The normalized spacial score (nSPS) is 20.5. The third-order valence-electron chi connectivity index (χ3n) is 8.83. The zero-order valence-corrected chi connectivity index (χ0v) is 26.6. The minimum absolute atomic E-state index is 0.00825. The lowest BCUT2D eigenvalue weighted by Crippen LogP contribution is -2.69. The van der Waals surface area contributed by atoms with E-state index in [0.717, 1.165) is 25.1 Å². The van der Waals surface area contributed by atoms with Crippen LogP contribution in [-0.4, -0.2) is 87.9 Å². The van der Waals surface area contributed by atoms with Gasteiger partial charge in [-0.15, -0.1) is 5.10 Å². The number of benzene rings is 1. The highest BCUT2D eigenvalue weighted by molar-refractivity contribution is 5.97. The van der Waals surface area contributed by atoms with E-state index >= 15 is 0 Å². The van der Waals surface area contributed by atoms with Gasteiger partial charge in [0.1, 0.15) is 11.4 Å². The van der Waals surface area contributed by atoms with Gasteiger partial charge in [-0.05, 0) is 31.0 Å². The third-order valence-corrected chi connectivity index (χ3v) is 8.83. The van der Waals surface area contributed by atoms with Crippen molar-refractivity contribution in [1.82, 2.24) is 24.6 Å². The second kappa shape index (κ2) is 13.5. The molecule has 2 atom stereocenters. The number of likely N-dealkylation sites (tertiary alicyclic amines) is 1. The Morgan fingerprint density at radius 2 is 1.71 bits per heavy atom. The molecular weight excluding hydrogens is 646 g/mol. The van der Waals surface area contributed by atoms with E-state index in [-0.39, 0.29) is 38.9 Å². The summed E-state index contributed by atoms with van der Waals surface area (Å²) in [5.74, 6) is -1.43. The number of pyridine rings is 1. The van der Waals surface area contributed by atoms with Crippen molar-refractivity contribution in [2.24, 2.45) is 7.05 Å². The number of carbonyl (C=O) groups is 2. The number of hydrogen-bond acceptors (Lipinski definition) is 7. The average molecular weight is 683 g/mol. The smallest absolute Gasteiger partial charge is 0.433 e. The molecule has 1 aromatic carbocycles. The first-order chi connectivity index (χ1) is 22.7. The lowest BCUT2D eigenvalue weighted by molar-refractivity contribution is -0.160. The molecule has 2 aromatic heterocycles. The van der Waals surface area contributed by atoms with Crippen molar-refractivity contribution in [2.45, 2.75) is 56.6 Å². The molecule has 0 aliphatic carbocycles. The SMILES string of the molecule is CCC[C@H]1N(C(=O)c2cnccc2C(F)(F)F)CCC[C@@]1(Oc1cc(C(F)(F)F)n(C)n1)C(=O)N1CCN(c2ccccc2OC)CC1. The van der Waals surface area contributed by atoms with Crippen molar-refractivity contribution in [3.63, 3.8) is 0 Å². The summed E-state index contributed by atoms with van der Waals surface area (Å²) in [6.07, 6.45) is -7.28. The summed E-state index contributed by atoms with van der Waals surface area (Å²) < 4.78 is 95.5.